The van der Waals surface area contributed by atoms with E-state index in [-0.39, 0.29) is 17.5 Å². The zero-order chi connectivity index (χ0) is 17.8. The minimum absolute atomic E-state index is 0.0642. The number of nitrogens with zero attached hydrogens (tertiary/aromatic N) is 2. The maximum Gasteiger partial charge on any atom is 0.387 e. The molecule has 3 aromatic rings. The smallest absolute Gasteiger partial charge is 0.387 e. The molecular formula is C15H10ClF2N3O2S2. The summed E-state index contributed by atoms with van der Waals surface area (Å²) in [7, 11) is 0. The van der Waals surface area contributed by atoms with E-state index in [1.165, 1.54) is 23.5 Å². The topological polar surface area (TPSA) is 64.1 Å². The van der Waals surface area contributed by atoms with Gasteiger partial charge in [-0.25, -0.2) is 4.98 Å². The van der Waals surface area contributed by atoms with E-state index in [4.69, 9.17) is 11.6 Å². The lowest BCUT2D eigenvalue weighted by Gasteiger charge is -2.05. The normalized spacial score (nSPS) is 10.9. The van der Waals surface area contributed by atoms with Crippen LogP contribution in [0.4, 0.5) is 13.9 Å². The molecule has 25 heavy (non-hydrogen) atoms. The third kappa shape index (κ3) is 4.50. The monoisotopic (exact) mass is 401 g/mol. The zero-order valence-electron chi connectivity index (χ0n) is 12.4. The number of alkyl halides is 3. The first-order valence-electron chi connectivity index (χ1n) is 6.89. The number of benzene rings is 1. The van der Waals surface area contributed by atoms with Gasteiger partial charge in [0.05, 0.1) is 11.4 Å². The molecule has 10 heteroatoms. The molecule has 0 saturated heterocycles. The van der Waals surface area contributed by atoms with Crippen molar-refractivity contribution in [3.05, 3.63) is 47.1 Å². The molecular weight excluding hydrogens is 392 g/mol. The summed E-state index contributed by atoms with van der Waals surface area (Å²) in [5, 5.41) is 4.68. The fraction of sp³-hybridized carbons (Fsp3) is 0.133. The van der Waals surface area contributed by atoms with E-state index < -0.39 is 6.61 Å². The number of hydrogen-bond donors (Lipinski definition) is 1. The van der Waals surface area contributed by atoms with Crippen molar-refractivity contribution in [3.8, 4) is 16.2 Å². The van der Waals surface area contributed by atoms with Crippen molar-refractivity contribution in [1.29, 1.82) is 0 Å². The number of nitrogens with one attached hydrogen (secondary N) is 1. The number of halogens is 3. The fourth-order valence-corrected chi connectivity index (χ4v) is 3.62. The standard InChI is InChI=1S/C15H10ClF2N3O2S2/c16-6-12-19-15(25-21-12)20-13(22)9-5-11(24-7-9)8-2-1-3-10(4-8)23-14(17)18/h1-5,7,14H,6H2,(H,19,20,21,22). The molecule has 1 N–H and O–H groups in total. The Morgan fingerprint density at radius 2 is 2.20 bits per heavy atom. The summed E-state index contributed by atoms with van der Waals surface area (Å²) < 4.78 is 33.0. The molecule has 2 heterocycles. The zero-order valence-corrected chi connectivity index (χ0v) is 14.8. The first kappa shape index (κ1) is 17.7. The van der Waals surface area contributed by atoms with Gasteiger partial charge in [0.2, 0.25) is 5.13 Å². The lowest BCUT2D eigenvalue weighted by Crippen LogP contribution is -2.10. The van der Waals surface area contributed by atoms with Crippen molar-refractivity contribution in [2.45, 2.75) is 12.5 Å². The second kappa shape index (κ2) is 7.85. The van der Waals surface area contributed by atoms with Crippen molar-refractivity contribution in [3.63, 3.8) is 0 Å². The predicted molar refractivity (Wildman–Crippen MR) is 93.8 cm³/mol. The van der Waals surface area contributed by atoms with Crippen LogP contribution in [-0.4, -0.2) is 21.9 Å². The lowest BCUT2D eigenvalue weighted by molar-refractivity contribution is -0.0498. The molecule has 1 amide bonds. The quantitative estimate of drug-likeness (QED) is 0.599. The largest absolute Gasteiger partial charge is 0.435 e. The van der Waals surface area contributed by atoms with Gasteiger partial charge in [0.15, 0.2) is 5.82 Å². The molecule has 3 rings (SSSR count). The second-order valence-electron chi connectivity index (χ2n) is 4.71. The Morgan fingerprint density at radius 3 is 2.92 bits per heavy atom. The van der Waals surface area contributed by atoms with E-state index in [0.717, 1.165) is 16.4 Å². The summed E-state index contributed by atoms with van der Waals surface area (Å²) >= 11 is 7.99. The van der Waals surface area contributed by atoms with Gasteiger partial charge in [0, 0.05) is 21.8 Å². The number of thiophene rings is 1. The van der Waals surface area contributed by atoms with Gasteiger partial charge in [0.25, 0.3) is 5.91 Å². The summed E-state index contributed by atoms with van der Waals surface area (Å²) in [6, 6.07) is 7.98. The van der Waals surface area contributed by atoms with Gasteiger partial charge in [-0.3, -0.25) is 10.1 Å². The molecule has 0 unspecified atom stereocenters. The molecule has 0 bridgehead atoms. The Labute approximate surface area is 154 Å². The Kier molecular flexibility index (Phi) is 5.57. The minimum atomic E-state index is -2.88. The Hall–Kier alpha value is -2.10. The number of ether oxygens (including phenoxy) is 1. The Bertz CT molecular complexity index is 885. The van der Waals surface area contributed by atoms with Crippen molar-refractivity contribution in [1.82, 2.24) is 9.36 Å². The van der Waals surface area contributed by atoms with Gasteiger partial charge < -0.3 is 4.74 Å². The molecule has 1 aromatic carbocycles. The molecule has 2 aromatic heterocycles. The molecule has 0 spiro atoms. The number of carbonyl (C=O) groups excluding carboxylic acids is 1. The number of hydrogen-bond acceptors (Lipinski definition) is 6. The Morgan fingerprint density at radius 1 is 1.36 bits per heavy atom. The minimum Gasteiger partial charge on any atom is -0.435 e. The van der Waals surface area contributed by atoms with Gasteiger partial charge in [-0.1, -0.05) is 12.1 Å². The van der Waals surface area contributed by atoms with Crippen LogP contribution in [0.5, 0.6) is 5.75 Å². The SMILES string of the molecule is O=C(Nc1nc(CCl)ns1)c1csc(-c2cccc(OC(F)F)c2)c1. The highest BCUT2D eigenvalue weighted by atomic mass is 35.5. The van der Waals surface area contributed by atoms with E-state index in [2.05, 4.69) is 19.4 Å². The average molecular weight is 402 g/mol. The summed E-state index contributed by atoms with van der Waals surface area (Å²) in [5.74, 6) is 0.351. The van der Waals surface area contributed by atoms with Crippen molar-refractivity contribution in [2.24, 2.45) is 0 Å². The second-order valence-corrected chi connectivity index (χ2v) is 6.64. The molecule has 0 aliphatic carbocycles. The van der Waals surface area contributed by atoms with Gasteiger partial charge in [-0.2, -0.15) is 13.2 Å². The van der Waals surface area contributed by atoms with Crippen molar-refractivity contribution >= 4 is 45.5 Å². The van der Waals surface area contributed by atoms with Gasteiger partial charge in [-0.15, -0.1) is 22.9 Å². The van der Waals surface area contributed by atoms with Crippen LogP contribution >= 0.6 is 34.5 Å². The van der Waals surface area contributed by atoms with Crippen LogP contribution in [0.3, 0.4) is 0 Å². The summed E-state index contributed by atoms with van der Waals surface area (Å²) in [6.07, 6.45) is 0. The predicted octanol–water partition coefficient (Wildman–Crippen LogP) is 4.86. The van der Waals surface area contributed by atoms with Crippen molar-refractivity contribution in [2.75, 3.05) is 5.32 Å². The summed E-state index contributed by atoms with van der Waals surface area (Å²) in [6.45, 7) is -2.88. The number of anilines is 1. The van der Waals surface area contributed by atoms with Gasteiger partial charge >= 0.3 is 6.61 Å². The van der Waals surface area contributed by atoms with Crippen LogP contribution in [-0.2, 0) is 5.88 Å². The van der Waals surface area contributed by atoms with Crippen LogP contribution in [0.15, 0.2) is 35.7 Å². The van der Waals surface area contributed by atoms with Crippen LogP contribution in [0.25, 0.3) is 10.4 Å². The molecule has 0 aliphatic heterocycles. The van der Waals surface area contributed by atoms with E-state index >= 15 is 0 Å². The lowest BCUT2D eigenvalue weighted by atomic mass is 10.1. The maximum atomic E-state index is 12.3. The molecule has 0 fully saturated rings. The molecule has 130 valence electrons. The summed E-state index contributed by atoms with van der Waals surface area (Å²) in [4.78, 5) is 17.1. The number of carbonyl (C=O) groups is 1. The van der Waals surface area contributed by atoms with Gasteiger partial charge in [0.1, 0.15) is 5.75 Å². The van der Waals surface area contributed by atoms with Crippen LogP contribution < -0.4 is 10.1 Å². The fourth-order valence-electron chi connectivity index (χ4n) is 1.96. The third-order valence-corrected chi connectivity index (χ3v) is 4.90. The first-order chi connectivity index (χ1) is 12.0. The van der Waals surface area contributed by atoms with E-state index in [1.54, 1.807) is 23.6 Å². The molecule has 5 nitrogen and oxygen atoms in total. The highest BCUT2D eigenvalue weighted by Gasteiger charge is 2.13. The first-order valence-corrected chi connectivity index (χ1v) is 9.07. The average Bonchev–Trinajstić information content (AvgIpc) is 3.23. The van der Waals surface area contributed by atoms with Crippen LogP contribution in [0.2, 0.25) is 0 Å². The van der Waals surface area contributed by atoms with E-state index in [1.807, 2.05) is 0 Å². The molecule has 0 aliphatic rings. The molecule has 0 radical (unpaired) electrons. The van der Waals surface area contributed by atoms with E-state index in [9.17, 15) is 13.6 Å². The number of amides is 1. The molecule has 0 saturated carbocycles. The number of aromatic nitrogens is 2. The Balaban J connectivity index is 1.74. The van der Waals surface area contributed by atoms with E-state index in [0.29, 0.717) is 22.1 Å². The third-order valence-electron chi connectivity index (χ3n) is 3.01. The van der Waals surface area contributed by atoms with Gasteiger partial charge in [-0.05, 0) is 23.8 Å². The van der Waals surface area contributed by atoms with Crippen molar-refractivity contribution < 1.29 is 18.3 Å². The van der Waals surface area contributed by atoms with Crippen LogP contribution in [0, 0.1) is 0 Å². The number of rotatable bonds is 6. The summed E-state index contributed by atoms with van der Waals surface area (Å²) in [5.41, 5.74) is 1.12. The highest BCUT2D eigenvalue weighted by molar-refractivity contribution is 7.14. The molecule has 0 atom stereocenters. The maximum absolute atomic E-state index is 12.3. The van der Waals surface area contributed by atoms with Crippen LogP contribution in [0.1, 0.15) is 16.2 Å². The highest BCUT2D eigenvalue weighted by Crippen LogP contribution is 2.30.